The Morgan fingerprint density at radius 1 is 1.00 bits per heavy atom. The average molecular weight is 340 g/mol. The van der Waals surface area contributed by atoms with E-state index in [9.17, 15) is 8.78 Å². The van der Waals surface area contributed by atoms with Gasteiger partial charge in [0.2, 0.25) is 0 Å². The summed E-state index contributed by atoms with van der Waals surface area (Å²) < 4.78 is 49.1. The van der Waals surface area contributed by atoms with Crippen LogP contribution in [0.4, 0.5) is 8.78 Å². The molecule has 0 aliphatic carbocycles. The van der Waals surface area contributed by atoms with Crippen molar-refractivity contribution in [3.63, 3.8) is 0 Å². The lowest BCUT2D eigenvalue weighted by Crippen LogP contribution is -2.42. The van der Waals surface area contributed by atoms with Crippen molar-refractivity contribution in [2.75, 3.05) is 26.4 Å². The number of hydrogen-bond donors (Lipinski definition) is 0. The van der Waals surface area contributed by atoms with E-state index in [0.29, 0.717) is 32.0 Å². The van der Waals surface area contributed by atoms with Gasteiger partial charge in [-0.25, -0.2) is 8.78 Å². The summed E-state index contributed by atoms with van der Waals surface area (Å²) in [5, 5.41) is 0. The molecule has 132 valence electrons. The summed E-state index contributed by atoms with van der Waals surface area (Å²) in [6.45, 7) is 4.08. The van der Waals surface area contributed by atoms with Crippen LogP contribution in [0.3, 0.4) is 0 Å². The van der Waals surface area contributed by atoms with Crippen LogP contribution in [-0.4, -0.2) is 32.7 Å². The second kappa shape index (κ2) is 8.16. The van der Waals surface area contributed by atoms with Gasteiger partial charge in [0, 0.05) is 11.5 Å². The molecule has 0 saturated carbocycles. The van der Waals surface area contributed by atoms with Gasteiger partial charge in [0.05, 0.1) is 32.3 Å². The molecule has 0 unspecified atom stereocenters. The van der Waals surface area contributed by atoms with Crippen LogP contribution < -0.4 is 0 Å². The fourth-order valence-corrected chi connectivity index (χ4v) is 2.77. The van der Waals surface area contributed by atoms with E-state index < -0.39 is 17.9 Å². The van der Waals surface area contributed by atoms with Crippen molar-refractivity contribution in [1.29, 1.82) is 0 Å². The minimum absolute atomic E-state index is 0.0392. The number of benzene rings is 1. The van der Waals surface area contributed by atoms with Gasteiger partial charge >= 0.3 is 0 Å². The summed E-state index contributed by atoms with van der Waals surface area (Å²) in [5.41, 5.74) is 0.461. The molecule has 0 N–H and O–H groups in total. The van der Waals surface area contributed by atoms with E-state index in [-0.39, 0.29) is 18.1 Å². The van der Waals surface area contributed by atoms with Gasteiger partial charge in [-0.15, -0.1) is 0 Å². The molecule has 0 amide bonds. The molecule has 0 spiro atoms. The minimum atomic E-state index is -0.910. The summed E-state index contributed by atoms with van der Waals surface area (Å²) in [7, 11) is 0. The second-order valence-corrected chi connectivity index (χ2v) is 6.06. The number of rotatable bonds is 4. The largest absolute Gasteiger partial charge is 0.351 e. The van der Waals surface area contributed by atoms with Crippen LogP contribution in [0.2, 0.25) is 0 Å². The fraction of sp³-hybridized carbons (Fsp3) is 0.556. The molecule has 1 aromatic carbocycles. The van der Waals surface area contributed by atoms with Crippen molar-refractivity contribution in [2.24, 2.45) is 11.8 Å². The average Bonchev–Trinajstić information content (AvgIpc) is 2.63. The zero-order chi connectivity index (χ0) is 16.9. The molecule has 0 aromatic heterocycles. The maximum absolute atomic E-state index is 13.3. The van der Waals surface area contributed by atoms with Gasteiger partial charge < -0.3 is 18.9 Å². The molecular weight excluding hydrogens is 318 g/mol. The molecule has 1 aromatic rings. The lowest BCUT2D eigenvalue weighted by atomic mass is 10.1. The van der Waals surface area contributed by atoms with Gasteiger partial charge in [-0.3, -0.25) is 0 Å². The van der Waals surface area contributed by atoms with Crippen molar-refractivity contribution in [3.05, 3.63) is 47.5 Å². The Kier molecular flexibility index (Phi) is 5.94. The van der Waals surface area contributed by atoms with Crippen LogP contribution in [0.1, 0.15) is 25.2 Å². The molecule has 0 bridgehead atoms. The van der Waals surface area contributed by atoms with E-state index in [0.717, 1.165) is 18.6 Å². The first-order chi connectivity index (χ1) is 11.7. The van der Waals surface area contributed by atoms with Crippen LogP contribution >= 0.6 is 0 Å². The third-order valence-corrected chi connectivity index (χ3v) is 4.12. The Morgan fingerprint density at radius 2 is 1.71 bits per heavy atom. The highest BCUT2D eigenvalue weighted by molar-refractivity contribution is 5.19. The van der Waals surface area contributed by atoms with Crippen molar-refractivity contribution >= 4 is 0 Å². The minimum Gasteiger partial charge on any atom is -0.351 e. The van der Waals surface area contributed by atoms with E-state index in [1.54, 1.807) is 0 Å². The summed E-state index contributed by atoms with van der Waals surface area (Å²) in [4.78, 5) is 0. The van der Waals surface area contributed by atoms with Crippen LogP contribution in [0.25, 0.3) is 0 Å². The van der Waals surface area contributed by atoms with E-state index in [4.69, 9.17) is 18.9 Å². The van der Waals surface area contributed by atoms with Crippen molar-refractivity contribution in [2.45, 2.75) is 25.9 Å². The Labute approximate surface area is 140 Å². The third kappa shape index (κ3) is 4.19. The quantitative estimate of drug-likeness (QED) is 0.785. The molecule has 0 atom stereocenters. The summed E-state index contributed by atoms with van der Waals surface area (Å²) in [6, 6.07) is 3.63. The first-order valence-corrected chi connectivity index (χ1v) is 8.25. The van der Waals surface area contributed by atoms with Crippen molar-refractivity contribution in [1.82, 2.24) is 0 Å². The zero-order valence-electron chi connectivity index (χ0n) is 13.6. The molecule has 24 heavy (non-hydrogen) atoms. The van der Waals surface area contributed by atoms with E-state index >= 15 is 0 Å². The third-order valence-electron chi connectivity index (χ3n) is 4.12. The molecule has 2 aliphatic heterocycles. The Bertz CT molecular complexity index is 562. The topological polar surface area (TPSA) is 36.9 Å². The van der Waals surface area contributed by atoms with Crippen molar-refractivity contribution < 1.29 is 27.7 Å². The number of hydrogen-bond acceptors (Lipinski definition) is 4. The van der Waals surface area contributed by atoms with Gasteiger partial charge in [0.15, 0.2) is 24.2 Å². The maximum atomic E-state index is 13.3. The summed E-state index contributed by atoms with van der Waals surface area (Å²) >= 11 is 0. The lowest BCUT2D eigenvalue weighted by molar-refractivity contribution is -0.280. The maximum Gasteiger partial charge on any atom is 0.183 e. The summed E-state index contributed by atoms with van der Waals surface area (Å²) in [6.07, 6.45) is 4.16. The zero-order valence-corrected chi connectivity index (χ0v) is 13.6. The smallest absolute Gasteiger partial charge is 0.183 e. The highest BCUT2D eigenvalue weighted by Gasteiger charge is 2.33. The first kappa shape index (κ1) is 17.5. The number of allylic oxidation sites excluding steroid dienone is 1. The molecular formula is C18H22F2O4. The Hall–Kier alpha value is -1.34. The molecule has 2 aliphatic rings. The van der Waals surface area contributed by atoms with Crippen molar-refractivity contribution in [3.8, 4) is 0 Å². The van der Waals surface area contributed by atoms with E-state index in [1.165, 1.54) is 6.07 Å². The van der Waals surface area contributed by atoms with Crippen LogP contribution in [-0.2, 0) is 18.9 Å². The van der Waals surface area contributed by atoms with E-state index in [2.05, 4.69) is 19.1 Å². The second-order valence-electron chi connectivity index (χ2n) is 6.06. The predicted molar refractivity (Wildman–Crippen MR) is 83.1 cm³/mol. The predicted octanol–water partition coefficient (Wildman–Crippen LogP) is 3.58. The van der Waals surface area contributed by atoms with Gasteiger partial charge in [-0.05, 0) is 18.6 Å². The summed E-state index contributed by atoms with van der Waals surface area (Å²) in [5.74, 6) is -1.56. The molecule has 2 saturated heterocycles. The molecule has 3 rings (SSSR count). The Balaban J connectivity index is 1.49. The molecule has 2 heterocycles. The lowest BCUT2D eigenvalue weighted by Gasteiger charge is -2.37. The standard InChI is InChI=1S/C18H22F2O4/c1-2-3-4-12-8-21-18(22-9-12)14-10-23-17(24-11-14)13-5-6-15(19)16(20)7-13/h3-7,12,14,17-18H,2,8-11H2,1H3/b4-3+. The highest BCUT2D eigenvalue weighted by Crippen LogP contribution is 2.29. The van der Waals surface area contributed by atoms with Gasteiger partial charge in [0.1, 0.15) is 0 Å². The molecule has 0 radical (unpaired) electrons. The Morgan fingerprint density at radius 3 is 2.33 bits per heavy atom. The van der Waals surface area contributed by atoms with Gasteiger partial charge in [-0.2, -0.15) is 0 Å². The highest BCUT2D eigenvalue weighted by atomic mass is 19.2. The number of halogens is 2. The molecule has 6 heteroatoms. The number of ether oxygens (including phenoxy) is 4. The van der Waals surface area contributed by atoms with Gasteiger partial charge in [0.25, 0.3) is 0 Å². The first-order valence-electron chi connectivity index (χ1n) is 8.25. The van der Waals surface area contributed by atoms with Crippen LogP contribution in [0.5, 0.6) is 0 Å². The molecule has 4 nitrogen and oxygen atoms in total. The van der Waals surface area contributed by atoms with E-state index in [1.807, 2.05) is 0 Å². The van der Waals surface area contributed by atoms with Crippen LogP contribution in [0.15, 0.2) is 30.4 Å². The SMILES string of the molecule is CC/C=C/C1COC(C2COC(c3ccc(F)c(F)c3)OC2)OC1. The fourth-order valence-electron chi connectivity index (χ4n) is 2.77. The molecule has 2 fully saturated rings. The van der Waals surface area contributed by atoms with Gasteiger partial charge in [-0.1, -0.05) is 25.1 Å². The normalized spacial score (nSPS) is 31.5. The monoisotopic (exact) mass is 340 g/mol. The van der Waals surface area contributed by atoms with Crippen LogP contribution in [0, 0.1) is 23.5 Å².